The fourth-order valence-electron chi connectivity index (χ4n) is 7.09. The summed E-state index contributed by atoms with van der Waals surface area (Å²) in [5, 5.41) is 61.1. The molecule has 7 heterocycles. The number of rotatable bonds is 23. The van der Waals surface area contributed by atoms with Gasteiger partial charge in [-0.2, -0.15) is 0 Å². The molecule has 39 heteroatoms. The zero-order valence-corrected chi connectivity index (χ0v) is 45.6. The van der Waals surface area contributed by atoms with Gasteiger partial charge in [0.15, 0.2) is 32.2 Å². The summed E-state index contributed by atoms with van der Waals surface area (Å²) in [4.78, 5) is 24.1. The van der Waals surface area contributed by atoms with Crippen molar-refractivity contribution >= 4 is 47.0 Å². The second-order valence-corrected chi connectivity index (χ2v) is 19.8. The number of anilines is 1. The predicted molar refractivity (Wildman–Crippen MR) is 274 cm³/mol. The second-order valence-electron chi connectivity index (χ2n) is 16.6. The second kappa shape index (κ2) is 28.9. The van der Waals surface area contributed by atoms with Gasteiger partial charge in [0.2, 0.25) is 29.3 Å². The maximum absolute atomic E-state index is 13.6. The van der Waals surface area contributed by atoms with Crippen molar-refractivity contribution in [1.29, 1.82) is 0 Å². The molecule has 7 aromatic heterocycles. The smallest absolute Gasteiger partial charge is 0.426 e. The zero-order chi connectivity index (χ0) is 60.7. The Hall–Kier alpha value is -9.11. The first-order valence-electron chi connectivity index (χ1n) is 23.9. The van der Waals surface area contributed by atoms with Crippen molar-refractivity contribution in [2.24, 2.45) is 10.9 Å². The van der Waals surface area contributed by atoms with E-state index in [1.54, 1.807) is 13.8 Å². The van der Waals surface area contributed by atoms with Crippen molar-refractivity contribution in [3.63, 3.8) is 0 Å². The number of hydrogen-bond donors (Lipinski definition) is 3. The minimum absolute atomic E-state index is 0.0426. The molecule has 3 aromatic carbocycles. The Morgan fingerprint density at radius 3 is 1.65 bits per heavy atom. The first-order chi connectivity index (χ1) is 40.9. The quantitative estimate of drug-likeness (QED) is 0.0134. The summed E-state index contributed by atoms with van der Waals surface area (Å²) >= 11 is 3.72. The molecular weight excluding hydrogens is 1220 g/mol. The van der Waals surface area contributed by atoms with Gasteiger partial charge in [-0.25, -0.2) is 72.1 Å². The van der Waals surface area contributed by atoms with E-state index in [2.05, 4.69) is 85.8 Å². The Bertz CT molecular complexity index is 3980. The fraction of sp³-hybridized carbons (Fsp3) is 0.283. The van der Waals surface area contributed by atoms with E-state index in [0.29, 0.717) is 81.5 Å². The molecule has 0 fully saturated rings. The van der Waals surface area contributed by atoms with Gasteiger partial charge in [0.1, 0.15) is 23.2 Å². The van der Waals surface area contributed by atoms with Crippen LogP contribution in [-0.4, -0.2) is 112 Å². The molecule has 0 radical (unpaired) electrons. The molecule has 0 spiro atoms. The van der Waals surface area contributed by atoms with Crippen molar-refractivity contribution in [2.75, 3.05) is 35.7 Å². The maximum atomic E-state index is 13.6. The Morgan fingerprint density at radius 1 is 0.624 bits per heavy atom. The molecule has 10 aromatic rings. The third-order valence-corrected chi connectivity index (χ3v) is 13.8. The van der Waals surface area contributed by atoms with Crippen LogP contribution in [0.3, 0.4) is 0 Å². The lowest BCUT2D eigenvalue weighted by atomic mass is 10.0. The molecule has 27 nitrogen and oxygen atoms in total. The highest BCUT2D eigenvalue weighted by Gasteiger charge is 2.27. The Balaban J connectivity index is 0.000000167. The van der Waals surface area contributed by atoms with Crippen molar-refractivity contribution in [2.45, 2.75) is 67.5 Å². The fourth-order valence-corrected chi connectivity index (χ4v) is 9.37. The van der Waals surface area contributed by atoms with Crippen molar-refractivity contribution in [3.8, 4) is 34.4 Å². The highest BCUT2D eigenvalue weighted by Crippen LogP contribution is 2.33. The number of thioether (sulfide) groups is 3. The average Bonchev–Trinajstić information content (AvgIpc) is 4.43. The SMILES string of the molecule is Cc1nnc(CCCSc2nonc2-c2noc(=O)n2-c2ccc(F)c(C(F)F)c2)o1.Cc1nnc(NCCSc2nonc2C(Cc2ccc(F)c(C(F)F)c2)=NO)o1.NCCSc1nonc1-c1noc(=O)n1-c1ccc(F)c(C(F)F)c1. The average molecular weight is 1260 g/mol. The molecule has 0 unspecified atom stereocenters. The van der Waals surface area contributed by atoms with Gasteiger partial charge in [0.25, 0.3) is 19.3 Å². The molecule has 0 saturated carbocycles. The summed E-state index contributed by atoms with van der Waals surface area (Å²) in [5.74, 6) is -2.36. The first kappa shape index (κ1) is 61.9. The van der Waals surface area contributed by atoms with Crippen LogP contribution in [0.5, 0.6) is 0 Å². The van der Waals surface area contributed by atoms with Crippen LogP contribution in [0.1, 0.15) is 71.3 Å². The van der Waals surface area contributed by atoms with Crippen LogP contribution in [0.25, 0.3) is 34.4 Å². The van der Waals surface area contributed by atoms with Crippen LogP contribution in [0, 0.1) is 31.3 Å². The minimum atomic E-state index is -3.07. The third kappa shape index (κ3) is 15.6. The molecule has 4 N–H and O–H groups in total. The van der Waals surface area contributed by atoms with Gasteiger partial charge in [-0.1, -0.05) is 50.2 Å². The molecule has 0 atom stereocenters. The number of oxime groups is 1. The summed E-state index contributed by atoms with van der Waals surface area (Å²) in [7, 11) is 0. The number of benzene rings is 3. The Morgan fingerprint density at radius 2 is 1.13 bits per heavy atom. The van der Waals surface area contributed by atoms with Crippen LogP contribution in [0.2, 0.25) is 0 Å². The van der Waals surface area contributed by atoms with Crippen LogP contribution in [0.15, 0.2) is 116 Å². The predicted octanol–water partition coefficient (Wildman–Crippen LogP) is 8.83. The summed E-state index contributed by atoms with van der Waals surface area (Å²) in [6.07, 6.45) is -7.93. The molecule has 0 aliphatic heterocycles. The summed E-state index contributed by atoms with van der Waals surface area (Å²) in [5.41, 5.74) is 3.53. The topological polar surface area (TPSA) is 361 Å². The maximum Gasteiger partial charge on any atom is 0.446 e. The molecule has 448 valence electrons. The lowest BCUT2D eigenvalue weighted by Gasteiger charge is -2.07. The highest BCUT2D eigenvalue weighted by molar-refractivity contribution is 7.99. The number of nitrogens with zero attached hydrogens (tertiary/aromatic N) is 15. The van der Waals surface area contributed by atoms with E-state index in [-0.39, 0.29) is 58.3 Å². The molecule has 0 bridgehead atoms. The van der Waals surface area contributed by atoms with Gasteiger partial charge in [-0.3, -0.25) is 9.05 Å². The van der Waals surface area contributed by atoms with E-state index >= 15 is 0 Å². The molecule has 0 aliphatic carbocycles. The van der Waals surface area contributed by atoms with E-state index in [1.807, 2.05) is 0 Å². The van der Waals surface area contributed by atoms with E-state index in [1.165, 1.54) is 41.4 Å². The van der Waals surface area contributed by atoms with Gasteiger partial charge in [0.05, 0.1) is 28.1 Å². The van der Waals surface area contributed by atoms with Crippen LogP contribution in [0.4, 0.5) is 45.5 Å². The number of aryl methyl sites for hydroxylation is 3. The van der Waals surface area contributed by atoms with E-state index in [0.717, 1.165) is 57.7 Å². The Kier molecular flexibility index (Phi) is 21.1. The van der Waals surface area contributed by atoms with Gasteiger partial charge >= 0.3 is 17.5 Å². The normalized spacial score (nSPS) is 11.6. The number of nitrogens with one attached hydrogen (secondary N) is 1. The summed E-state index contributed by atoms with van der Waals surface area (Å²) in [6, 6.07) is 9.18. The van der Waals surface area contributed by atoms with Crippen molar-refractivity contribution in [3.05, 3.63) is 139 Å². The number of aromatic nitrogens is 14. The lowest BCUT2D eigenvalue weighted by Crippen LogP contribution is -2.14. The van der Waals surface area contributed by atoms with E-state index in [4.69, 9.17) is 23.8 Å². The van der Waals surface area contributed by atoms with Crippen LogP contribution in [-0.2, 0) is 12.8 Å². The number of nitrogens with two attached hydrogens (primary N) is 1. The van der Waals surface area contributed by atoms with Gasteiger partial charge < -0.3 is 25.1 Å². The van der Waals surface area contributed by atoms with Crippen LogP contribution < -0.4 is 22.6 Å². The van der Waals surface area contributed by atoms with E-state index in [9.17, 15) is 54.3 Å². The van der Waals surface area contributed by atoms with Crippen molar-refractivity contribution in [1.82, 2.24) is 70.8 Å². The molecule has 85 heavy (non-hydrogen) atoms. The standard InChI is InChI=1S/C17H13F3N6O4S.C16H15F3N6O3S.C13H10F3N5O3S/c1-8-21-22-12(28-8)3-2-6-31-16-13(23-30-25-16)15-24-29-17(27)26(15)9-4-5-11(18)10(7-9)14(19)20;1-8-21-22-16(27-8)20-4-5-29-15-13(24-28-25-15)12(23-26)7-9-2-3-11(17)10(6-9)14(18)19;14-8-2-1-6(5-7(8)10(15)16)21-11(19-23-13(21)22)9-12(20-24-18-9)25-4-3-17/h4-5,7,14H,2-3,6H2,1H3;2-3,6,14,26H,4-5,7H2,1H3,(H,20,22);1-2,5,10H,3-4,17H2. The third-order valence-electron chi connectivity index (χ3n) is 10.9. The number of alkyl halides is 6. The molecule has 0 amide bonds. The molecule has 0 aliphatic rings. The summed E-state index contributed by atoms with van der Waals surface area (Å²) < 4.78 is 154. The largest absolute Gasteiger partial charge is 0.446 e. The molecule has 10 rings (SSSR count). The molecule has 0 saturated heterocycles. The zero-order valence-electron chi connectivity index (χ0n) is 43.1. The number of halogens is 9. The minimum Gasteiger partial charge on any atom is -0.426 e. The monoisotopic (exact) mass is 1260 g/mol. The van der Waals surface area contributed by atoms with Gasteiger partial charge in [-0.15, -0.1) is 27.1 Å². The lowest BCUT2D eigenvalue weighted by molar-refractivity contribution is 0.145. The van der Waals surface area contributed by atoms with Gasteiger partial charge in [0, 0.05) is 57.0 Å². The Labute approximate surface area is 479 Å². The summed E-state index contributed by atoms with van der Waals surface area (Å²) in [6.45, 7) is 4.18. The van der Waals surface area contributed by atoms with E-state index < -0.39 is 64.9 Å². The van der Waals surface area contributed by atoms with Crippen LogP contribution >= 0.6 is 35.3 Å². The molecular formula is C46H38F9N17O10S3. The first-order valence-corrected chi connectivity index (χ1v) is 26.9. The van der Waals surface area contributed by atoms with Crippen molar-refractivity contribution < 1.29 is 76.5 Å². The highest BCUT2D eigenvalue weighted by atomic mass is 32.2. The van der Waals surface area contributed by atoms with Gasteiger partial charge in [-0.05, 0) is 91.5 Å². The number of hydrogen-bond acceptors (Lipinski definition) is 28.